The van der Waals surface area contributed by atoms with Crippen molar-refractivity contribution in [2.75, 3.05) is 20.1 Å². The molecule has 0 aliphatic heterocycles. The molecule has 0 atom stereocenters. The molecule has 0 saturated carbocycles. The highest BCUT2D eigenvalue weighted by Crippen LogP contribution is 2.23. The van der Waals surface area contributed by atoms with Gasteiger partial charge in [-0.15, -0.1) is 0 Å². The predicted molar refractivity (Wildman–Crippen MR) is 63.5 cm³/mol. The number of rotatable bonds is 5. The van der Waals surface area contributed by atoms with Crippen LogP contribution in [0.2, 0.25) is 5.02 Å². The minimum absolute atomic E-state index is 0.00947. The molecule has 16 heavy (non-hydrogen) atoms. The Morgan fingerprint density at radius 3 is 2.75 bits per heavy atom. The molecule has 0 fully saturated rings. The number of non-ortho nitro benzene ring substituents is 1. The molecule has 88 valence electrons. The number of likely N-dealkylation sites (N-methyl/N-ethyl adjacent to an activating group) is 1. The quantitative estimate of drug-likeness (QED) is 0.630. The van der Waals surface area contributed by atoms with Crippen LogP contribution in [-0.2, 0) is 6.54 Å². The summed E-state index contributed by atoms with van der Waals surface area (Å²) in [6, 6.07) is 4.50. The Kier molecular flexibility index (Phi) is 4.67. The maximum atomic E-state index is 10.5. The number of nitrogens with zero attached hydrogens (tertiary/aromatic N) is 2. The van der Waals surface area contributed by atoms with Crippen molar-refractivity contribution >= 4 is 17.3 Å². The fraction of sp³-hybridized carbons (Fsp3) is 0.400. The van der Waals surface area contributed by atoms with Gasteiger partial charge in [0.15, 0.2) is 0 Å². The van der Waals surface area contributed by atoms with Crippen LogP contribution < -0.4 is 5.73 Å². The van der Waals surface area contributed by atoms with Crippen molar-refractivity contribution in [3.63, 3.8) is 0 Å². The van der Waals surface area contributed by atoms with E-state index in [1.165, 1.54) is 12.1 Å². The van der Waals surface area contributed by atoms with Crippen molar-refractivity contribution < 1.29 is 4.92 Å². The number of benzene rings is 1. The topological polar surface area (TPSA) is 72.4 Å². The first-order valence-electron chi connectivity index (χ1n) is 4.86. The van der Waals surface area contributed by atoms with E-state index in [0.717, 1.165) is 12.1 Å². The molecule has 0 amide bonds. The zero-order valence-corrected chi connectivity index (χ0v) is 9.78. The Hall–Kier alpha value is -1.17. The van der Waals surface area contributed by atoms with Crippen molar-refractivity contribution in [3.8, 4) is 0 Å². The van der Waals surface area contributed by atoms with Crippen LogP contribution in [-0.4, -0.2) is 30.0 Å². The standard InChI is InChI=1S/C10H14ClN3O2/c1-13(5-4-12)7-8-2-3-9(14(15)16)6-10(8)11/h2-3,6H,4-5,7,12H2,1H3. The highest BCUT2D eigenvalue weighted by Gasteiger charge is 2.10. The third-order valence-electron chi connectivity index (χ3n) is 2.20. The summed E-state index contributed by atoms with van der Waals surface area (Å²) in [6.45, 7) is 1.96. The van der Waals surface area contributed by atoms with Crippen molar-refractivity contribution in [2.24, 2.45) is 5.73 Å². The summed E-state index contributed by atoms with van der Waals surface area (Å²) in [5.74, 6) is 0. The van der Waals surface area contributed by atoms with Gasteiger partial charge in [-0.3, -0.25) is 10.1 Å². The summed E-state index contributed by atoms with van der Waals surface area (Å²) in [6.07, 6.45) is 0. The van der Waals surface area contributed by atoms with E-state index in [-0.39, 0.29) is 5.69 Å². The summed E-state index contributed by atoms with van der Waals surface area (Å²) < 4.78 is 0. The lowest BCUT2D eigenvalue weighted by atomic mass is 10.2. The Bertz CT molecular complexity index is 384. The van der Waals surface area contributed by atoms with Gasteiger partial charge in [0.25, 0.3) is 5.69 Å². The lowest BCUT2D eigenvalue weighted by Gasteiger charge is -2.15. The number of nitro groups is 1. The molecule has 0 unspecified atom stereocenters. The molecule has 6 heteroatoms. The van der Waals surface area contributed by atoms with Crippen LogP contribution in [0.1, 0.15) is 5.56 Å². The Balaban J connectivity index is 2.79. The molecule has 0 saturated heterocycles. The highest BCUT2D eigenvalue weighted by atomic mass is 35.5. The van der Waals surface area contributed by atoms with Crippen LogP contribution in [0.5, 0.6) is 0 Å². The molecule has 2 N–H and O–H groups in total. The minimum atomic E-state index is -0.459. The summed E-state index contributed by atoms with van der Waals surface area (Å²) in [7, 11) is 1.92. The van der Waals surface area contributed by atoms with E-state index in [0.29, 0.717) is 18.1 Å². The van der Waals surface area contributed by atoms with Crippen molar-refractivity contribution in [2.45, 2.75) is 6.54 Å². The van der Waals surface area contributed by atoms with Crippen molar-refractivity contribution in [3.05, 3.63) is 38.9 Å². The third kappa shape index (κ3) is 3.44. The maximum Gasteiger partial charge on any atom is 0.270 e. The van der Waals surface area contributed by atoms with Gasteiger partial charge < -0.3 is 10.6 Å². The normalized spacial score (nSPS) is 10.8. The van der Waals surface area contributed by atoms with Gasteiger partial charge in [0.1, 0.15) is 0 Å². The van der Waals surface area contributed by atoms with Crippen LogP contribution >= 0.6 is 11.6 Å². The molecule has 0 heterocycles. The summed E-state index contributed by atoms with van der Waals surface area (Å²) >= 11 is 5.96. The maximum absolute atomic E-state index is 10.5. The number of nitro benzene ring substituents is 1. The molecule has 0 radical (unpaired) electrons. The molecule has 5 nitrogen and oxygen atoms in total. The van der Waals surface area contributed by atoms with E-state index in [4.69, 9.17) is 17.3 Å². The van der Waals surface area contributed by atoms with Crippen LogP contribution in [0.25, 0.3) is 0 Å². The van der Waals surface area contributed by atoms with Crippen LogP contribution in [0.3, 0.4) is 0 Å². The van der Waals surface area contributed by atoms with E-state index < -0.39 is 4.92 Å². The molecule has 0 aliphatic carbocycles. The lowest BCUT2D eigenvalue weighted by Crippen LogP contribution is -2.25. The molecule has 0 bridgehead atoms. The SMILES string of the molecule is CN(CCN)Cc1ccc([N+](=O)[O-])cc1Cl. The van der Waals surface area contributed by atoms with Gasteiger partial charge in [0.2, 0.25) is 0 Å². The first-order valence-corrected chi connectivity index (χ1v) is 5.24. The first-order chi connectivity index (χ1) is 7.54. The first kappa shape index (κ1) is 12.9. The summed E-state index contributed by atoms with van der Waals surface area (Å²) in [5.41, 5.74) is 6.29. The van der Waals surface area contributed by atoms with Gasteiger partial charge >= 0.3 is 0 Å². The van der Waals surface area contributed by atoms with Gasteiger partial charge in [-0.25, -0.2) is 0 Å². The Morgan fingerprint density at radius 1 is 1.56 bits per heavy atom. The molecular formula is C10H14ClN3O2. The fourth-order valence-corrected chi connectivity index (χ4v) is 1.60. The number of halogens is 1. The Labute approximate surface area is 98.9 Å². The zero-order chi connectivity index (χ0) is 12.1. The predicted octanol–water partition coefficient (Wildman–Crippen LogP) is 1.64. The second kappa shape index (κ2) is 5.79. The van der Waals surface area contributed by atoms with Crippen LogP contribution in [0.4, 0.5) is 5.69 Å². The van der Waals surface area contributed by atoms with Crippen LogP contribution in [0.15, 0.2) is 18.2 Å². The smallest absolute Gasteiger partial charge is 0.270 e. The van der Waals surface area contributed by atoms with Gasteiger partial charge in [0, 0.05) is 31.8 Å². The molecule has 0 spiro atoms. The highest BCUT2D eigenvalue weighted by molar-refractivity contribution is 6.31. The van der Waals surface area contributed by atoms with Gasteiger partial charge in [0.05, 0.1) is 9.95 Å². The number of nitrogens with two attached hydrogens (primary N) is 1. The van der Waals surface area contributed by atoms with Gasteiger partial charge in [-0.2, -0.15) is 0 Å². The van der Waals surface area contributed by atoms with E-state index >= 15 is 0 Å². The minimum Gasteiger partial charge on any atom is -0.329 e. The Morgan fingerprint density at radius 2 is 2.25 bits per heavy atom. The van der Waals surface area contributed by atoms with E-state index in [1.807, 2.05) is 11.9 Å². The van der Waals surface area contributed by atoms with Crippen molar-refractivity contribution in [1.29, 1.82) is 0 Å². The molecule has 1 aromatic rings. The van der Waals surface area contributed by atoms with E-state index in [9.17, 15) is 10.1 Å². The van der Waals surface area contributed by atoms with Crippen molar-refractivity contribution in [1.82, 2.24) is 4.90 Å². The average Bonchev–Trinajstić information content (AvgIpc) is 2.21. The summed E-state index contributed by atoms with van der Waals surface area (Å²) in [5, 5.41) is 10.9. The monoisotopic (exact) mass is 243 g/mol. The number of hydrogen-bond acceptors (Lipinski definition) is 4. The largest absolute Gasteiger partial charge is 0.329 e. The third-order valence-corrected chi connectivity index (χ3v) is 2.55. The van der Waals surface area contributed by atoms with Gasteiger partial charge in [-0.1, -0.05) is 11.6 Å². The lowest BCUT2D eigenvalue weighted by molar-refractivity contribution is -0.384. The fourth-order valence-electron chi connectivity index (χ4n) is 1.37. The zero-order valence-electron chi connectivity index (χ0n) is 9.02. The molecule has 1 aromatic carbocycles. The number of hydrogen-bond donors (Lipinski definition) is 1. The molecule has 0 aromatic heterocycles. The van der Waals surface area contributed by atoms with Crippen LogP contribution in [0, 0.1) is 10.1 Å². The molecule has 0 aliphatic rings. The van der Waals surface area contributed by atoms with E-state index in [2.05, 4.69) is 0 Å². The second-order valence-electron chi connectivity index (χ2n) is 3.56. The summed E-state index contributed by atoms with van der Waals surface area (Å²) in [4.78, 5) is 12.1. The molecule has 1 rings (SSSR count). The second-order valence-corrected chi connectivity index (χ2v) is 3.97. The average molecular weight is 244 g/mol. The van der Waals surface area contributed by atoms with Gasteiger partial charge in [-0.05, 0) is 18.7 Å². The van der Waals surface area contributed by atoms with E-state index in [1.54, 1.807) is 6.07 Å². The molecular weight excluding hydrogens is 230 g/mol.